The van der Waals surface area contributed by atoms with Crippen molar-refractivity contribution in [3.8, 4) is 0 Å². The molecule has 0 aromatic heterocycles. The van der Waals surface area contributed by atoms with E-state index < -0.39 is 5.97 Å². The number of fused-ring (bicyclic) bond motifs is 1. The zero-order chi connectivity index (χ0) is 14.8. The van der Waals surface area contributed by atoms with E-state index in [9.17, 15) is 14.7 Å². The van der Waals surface area contributed by atoms with Crippen LogP contribution in [0.3, 0.4) is 0 Å². The van der Waals surface area contributed by atoms with Crippen molar-refractivity contribution in [3.05, 3.63) is 29.3 Å². The highest BCUT2D eigenvalue weighted by Gasteiger charge is 2.31. The Bertz CT molecular complexity index is 563. The maximum absolute atomic E-state index is 12.7. The Labute approximate surface area is 123 Å². The zero-order valence-electron chi connectivity index (χ0n) is 11.9. The normalized spacial score (nSPS) is 19.1. The molecule has 1 aromatic carbocycles. The number of carboxylic acid groups (broad SMARTS) is 1. The topological polar surface area (TPSA) is 66.8 Å². The summed E-state index contributed by atoms with van der Waals surface area (Å²) >= 11 is 0. The van der Waals surface area contributed by atoms with E-state index in [1.807, 2.05) is 6.07 Å². The first-order valence-electron chi connectivity index (χ1n) is 7.43. The van der Waals surface area contributed by atoms with E-state index in [-0.39, 0.29) is 11.8 Å². The summed E-state index contributed by atoms with van der Waals surface area (Å²) in [5.41, 5.74) is 1.88. The molecule has 0 radical (unpaired) electrons. The second kappa shape index (κ2) is 5.85. The summed E-state index contributed by atoms with van der Waals surface area (Å²) in [5, 5.41) is 9.29. The average Bonchev–Trinajstić information content (AvgIpc) is 2.53. The summed E-state index contributed by atoms with van der Waals surface area (Å²) in [6, 6.07) is 5.19. The Morgan fingerprint density at radius 1 is 1.24 bits per heavy atom. The lowest BCUT2D eigenvalue weighted by atomic mass is 9.93. The van der Waals surface area contributed by atoms with Gasteiger partial charge in [-0.25, -0.2) is 4.79 Å². The van der Waals surface area contributed by atoms with Gasteiger partial charge in [-0.3, -0.25) is 4.79 Å². The predicted molar refractivity (Wildman–Crippen MR) is 77.6 cm³/mol. The van der Waals surface area contributed by atoms with Gasteiger partial charge in [-0.15, -0.1) is 0 Å². The van der Waals surface area contributed by atoms with E-state index >= 15 is 0 Å². The number of anilines is 1. The summed E-state index contributed by atoms with van der Waals surface area (Å²) in [5.74, 6) is -0.813. The second-order valence-electron chi connectivity index (χ2n) is 5.59. The molecule has 5 nitrogen and oxygen atoms in total. The lowest BCUT2D eigenvalue weighted by molar-refractivity contribution is -0.125. The molecule has 1 N–H and O–H groups in total. The zero-order valence-corrected chi connectivity index (χ0v) is 11.9. The van der Waals surface area contributed by atoms with Gasteiger partial charge in [-0.2, -0.15) is 0 Å². The monoisotopic (exact) mass is 289 g/mol. The SMILES string of the molecule is O=C(O)c1cccc2c1CCCN2C(=O)C1CCOCC1. The number of aromatic carboxylic acids is 1. The molecule has 2 heterocycles. The Morgan fingerprint density at radius 2 is 2.00 bits per heavy atom. The van der Waals surface area contributed by atoms with Crippen molar-refractivity contribution in [2.45, 2.75) is 25.7 Å². The van der Waals surface area contributed by atoms with Crippen LogP contribution in [-0.4, -0.2) is 36.7 Å². The quantitative estimate of drug-likeness (QED) is 0.905. The number of carboxylic acids is 1. The van der Waals surface area contributed by atoms with Crippen molar-refractivity contribution in [1.29, 1.82) is 0 Å². The number of carbonyl (C=O) groups excluding carboxylic acids is 1. The number of nitrogens with zero attached hydrogens (tertiary/aromatic N) is 1. The maximum atomic E-state index is 12.7. The van der Waals surface area contributed by atoms with Crippen LogP contribution < -0.4 is 4.90 Å². The molecule has 0 atom stereocenters. The third-order valence-corrected chi connectivity index (χ3v) is 4.32. The van der Waals surface area contributed by atoms with Crippen LogP contribution >= 0.6 is 0 Å². The summed E-state index contributed by atoms with van der Waals surface area (Å²) in [6.07, 6.45) is 3.04. The molecule has 2 aliphatic rings. The van der Waals surface area contributed by atoms with Crippen LogP contribution in [0.1, 0.15) is 35.2 Å². The van der Waals surface area contributed by atoms with Gasteiger partial charge in [0.05, 0.1) is 5.56 Å². The summed E-state index contributed by atoms with van der Waals surface area (Å²) < 4.78 is 5.31. The molecule has 0 bridgehead atoms. The first-order valence-corrected chi connectivity index (χ1v) is 7.43. The van der Waals surface area contributed by atoms with Gasteiger partial charge in [0.1, 0.15) is 0 Å². The van der Waals surface area contributed by atoms with Crippen LogP contribution in [0.5, 0.6) is 0 Å². The van der Waals surface area contributed by atoms with Gasteiger partial charge < -0.3 is 14.7 Å². The van der Waals surface area contributed by atoms with Gasteiger partial charge in [0.15, 0.2) is 0 Å². The van der Waals surface area contributed by atoms with Crippen LogP contribution in [0.25, 0.3) is 0 Å². The first-order chi connectivity index (χ1) is 10.2. The largest absolute Gasteiger partial charge is 0.478 e. The van der Waals surface area contributed by atoms with Crippen LogP contribution in [0.2, 0.25) is 0 Å². The average molecular weight is 289 g/mol. The van der Waals surface area contributed by atoms with Gasteiger partial charge in [0, 0.05) is 31.4 Å². The molecule has 0 spiro atoms. The van der Waals surface area contributed by atoms with Crippen LogP contribution in [0.4, 0.5) is 5.69 Å². The van der Waals surface area contributed by atoms with Crippen LogP contribution in [0, 0.1) is 5.92 Å². The highest BCUT2D eigenvalue weighted by molar-refractivity contribution is 5.99. The van der Waals surface area contributed by atoms with E-state index in [2.05, 4.69) is 0 Å². The summed E-state index contributed by atoms with van der Waals surface area (Å²) in [6.45, 7) is 1.94. The molecule has 1 fully saturated rings. The van der Waals surface area contributed by atoms with Crippen molar-refractivity contribution in [1.82, 2.24) is 0 Å². The Hall–Kier alpha value is -1.88. The molecule has 0 aliphatic carbocycles. The summed E-state index contributed by atoms with van der Waals surface area (Å²) in [4.78, 5) is 25.8. The number of rotatable bonds is 2. The fraction of sp³-hybridized carbons (Fsp3) is 0.500. The molecule has 112 valence electrons. The second-order valence-corrected chi connectivity index (χ2v) is 5.59. The lowest BCUT2D eigenvalue weighted by Gasteiger charge is -2.34. The molecular formula is C16H19NO4. The molecule has 0 unspecified atom stereocenters. The van der Waals surface area contributed by atoms with Gasteiger partial charge in [-0.05, 0) is 43.4 Å². The van der Waals surface area contributed by atoms with Crippen molar-refractivity contribution in [3.63, 3.8) is 0 Å². The minimum Gasteiger partial charge on any atom is -0.478 e. The van der Waals surface area contributed by atoms with Gasteiger partial charge in [0.25, 0.3) is 0 Å². The molecule has 3 rings (SSSR count). The number of hydrogen-bond acceptors (Lipinski definition) is 3. The molecule has 1 aromatic rings. The Kier molecular flexibility index (Phi) is 3.92. The van der Waals surface area contributed by atoms with Crippen LogP contribution in [-0.2, 0) is 16.0 Å². The van der Waals surface area contributed by atoms with Crippen molar-refractivity contribution in [2.24, 2.45) is 5.92 Å². The van der Waals surface area contributed by atoms with Gasteiger partial charge >= 0.3 is 5.97 Å². The smallest absolute Gasteiger partial charge is 0.336 e. The Morgan fingerprint density at radius 3 is 2.71 bits per heavy atom. The highest BCUT2D eigenvalue weighted by Crippen LogP contribution is 2.32. The standard InChI is InChI=1S/C16H19NO4/c18-15(11-6-9-21-10-7-11)17-8-2-4-12-13(16(19)20)3-1-5-14(12)17/h1,3,5,11H,2,4,6-10H2,(H,19,20). The fourth-order valence-corrected chi connectivity index (χ4v) is 3.22. The van der Waals surface area contributed by atoms with E-state index in [1.54, 1.807) is 17.0 Å². The molecular weight excluding hydrogens is 270 g/mol. The number of ether oxygens (including phenoxy) is 1. The Balaban J connectivity index is 1.91. The number of amides is 1. The minimum absolute atomic E-state index is 0.00168. The van der Waals surface area contributed by atoms with Gasteiger partial charge in [-0.1, -0.05) is 6.07 Å². The third-order valence-electron chi connectivity index (χ3n) is 4.32. The molecule has 0 saturated carbocycles. The lowest BCUT2D eigenvalue weighted by Crippen LogP contribution is -2.41. The number of carbonyl (C=O) groups is 2. The van der Waals surface area contributed by atoms with Crippen molar-refractivity contribution in [2.75, 3.05) is 24.7 Å². The van der Waals surface area contributed by atoms with Crippen molar-refractivity contribution < 1.29 is 19.4 Å². The molecule has 21 heavy (non-hydrogen) atoms. The number of benzene rings is 1. The highest BCUT2D eigenvalue weighted by atomic mass is 16.5. The van der Waals surface area contributed by atoms with Crippen molar-refractivity contribution >= 4 is 17.6 Å². The third kappa shape index (κ3) is 2.65. The molecule has 1 amide bonds. The van der Waals surface area contributed by atoms with E-state index in [4.69, 9.17) is 4.74 Å². The summed E-state index contributed by atoms with van der Waals surface area (Å²) in [7, 11) is 0. The maximum Gasteiger partial charge on any atom is 0.336 e. The van der Waals surface area contributed by atoms with Gasteiger partial charge in [0.2, 0.25) is 5.91 Å². The predicted octanol–water partition coefficient (Wildman–Crippen LogP) is 2.09. The van der Waals surface area contributed by atoms with E-state index in [0.29, 0.717) is 25.3 Å². The van der Waals surface area contributed by atoms with Crippen LogP contribution in [0.15, 0.2) is 18.2 Å². The first kappa shape index (κ1) is 14.1. The fourth-order valence-electron chi connectivity index (χ4n) is 3.22. The molecule has 5 heteroatoms. The molecule has 1 saturated heterocycles. The van der Waals surface area contributed by atoms with E-state index in [0.717, 1.165) is 36.9 Å². The minimum atomic E-state index is -0.924. The number of hydrogen-bond donors (Lipinski definition) is 1. The van der Waals surface area contributed by atoms with E-state index in [1.165, 1.54) is 0 Å². The molecule has 2 aliphatic heterocycles.